The molecule has 0 aliphatic rings. The fourth-order valence-corrected chi connectivity index (χ4v) is 1.68. The summed E-state index contributed by atoms with van der Waals surface area (Å²) >= 11 is 0. The lowest BCUT2D eigenvalue weighted by Crippen LogP contribution is -2.30. The fraction of sp³-hybridized carbons (Fsp3) is 0.700. The molecule has 4 nitrogen and oxygen atoms in total. The standard InChI is InChI=1S/C10H20N4/c1-3-8(4-2)7-9(14-11)10-12-5-6-13-10/h5-6,8-9,14H,3-4,7,11H2,1-2H3,(H,12,13). The van der Waals surface area contributed by atoms with Gasteiger partial charge in [-0.3, -0.25) is 5.84 Å². The summed E-state index contributed by atoms with van der Waals surface area (Å²) in [4.78, 5) is 7.30. The number of aromatic nitrogens is 2. The van der Waals surface area contributed by atoms with E-state index in [1.165, 1.54) is 12.8 Å². The summed E-state index contributed by atoms with van der Waals surface area (Å²) in [6, 6.07) is 0.148. The molecule has 1 aromatic heterocycles. The molecule has 4 heteroatoms. The van der Waals surface area contributed by atoms with Crippen molar-refractivity contribution in [1.82, 2.24) is 15.4 Å². The molecule has 1 aromatic rings. The highest BCUT2D eigenvalue weighted by atomic mass is 15.2. The lowest BCUT2D eigenvalue weighted by Gasteiger charge is -2.19. The Kier molecular flexibility index (Phi) is 4.62. The fourth-order valence-electron chi connectivity index (χ4n) is 1.68. The number of nitrogens with one attached hydrogen (secondary N) is 2. The summed E-state index contributed by atoms with van der Waals surface area (Å²) < 4.78 is 0. The van der Waals surface area contributed by atoms with E-state index in [9.17, 15) is 0 Å². The summed E-state index contributed by atoms with van der Waals surface area (Å²) in [5.41, 5.74) is 2.81. The van der Waals surface area contributed by atoms with Gasteiger partial charge < -0.3 is 4.98 Å². The van der Waals surface area contributed by atoms with Crippen molar-refractivity contribution >= 4 is 0 Å². The van der Waals surface area contributed by atoms with E-state index in [4.69, 9.17) is 5.84 Å². The van der Waals surface area contributed by atoms with E-state index in [2.05, 4.69) is 29.2 Å². The minimum absolute atomic E-state index is 0.148. The second kappa shape index (κ2) is 5.78. The van der Waals surface area contributed by atoms with Gasteiger partial charge in [0.15, 0.2) is 0 Å². The lowest BCUT2D eigenvalue weighted by molar-refractivity contribution is 0.366. The molecule has 1 unspecified atom stereocenters. The SMILES string of the molecule is CCC(CC)CC(NN)c1ncc[nH]1. The molecular weight excluding hydrogens is 176 g/mol. The predicted octanol–water partition coefficient (Wildman–Crippen LogP) is 1.74. The number of H-pyrrole nitrogens is 1. The number of nitrogens with zero attached hydrogens (tertiary/aromatic N) is 1. The topological polar surface area (TPSA) is 66.7 Å². The van der Waals surface area contributed by atoms with Gasteiger partial charge in [0, 0.05) is 12.4 Å². The average Bonchev–Trinajstić information content (AvgIpc) is 2.73. The molecule has 0 aromatic carbocycles. The average molecular weight is 196 g/mol. The van der Waals surface area contributed by atoms with E-state index in [0.717, 1.165) is 12.2 Å². The Morgan fingerprint density at radius 1 is 1.50 bits per heavy atom. The first-order valence-electron chi connectivity index (χ1n) is 5.27. The van der Waals surface area contributed by atoms with Crippen LogP contribution in [0.5, 0.6) is 0 Å². The van der Waals surface area contributed by atoms with Crippen molar-refractivity contribution in [1.29, 1.82) is 0 Å². The molecule has 0 saturated heterocycles. The van der Waals surface area contributed by atoms with Crippen LogP contribution in [0.2, 0.25) is 0 Å². The molecule has 0 aliphatic carbocycles. The van der Waals surface area contributed by atoms with Crippen LogP contribution in [0.3, 0.4) is 0 Å². The molecule has 0 saturated carbocycles. The van der Waals surface area contributed by atoms with Gasteiger partial charge in [-0.15, -0.1) is 0 Å². The Morgan fingerprint density at radius 2 is 2.21 bits per heavy atom. The third-order valence-electron chi connectivity index (χ3n) is 2.77. The van der Waals surface area contributed by atoms with E-state index in [1.807, 2.05) is 6.20 Å². The van der Waals surface area contributed by atoms with Gasteiger partial charge in [-0.2, -0.15) is 0 Å². The van der Waals surface area contributed by atoms with Crippen molar-refractivity contribution in [2.45, 2.75) is 39.2 Å². The van der Waals surface area contributed by atoms with E-state index in [-0.39, 0.29) is 6.04 Å². The number of hydrogen-bond donors (Lipinski definition) is 3. The Hall–Kier alpha value is -0.870. The summed E-state index contributed by atoms with van der Waals surface area (Å²) in [5.74, 6) is 7.15. The maximum absolute atomic E-state index is 5.51. The van der Waals surface area contributed by atoms with E-state index < -0.39 is 0 Å². The molecule has 0 aliphatic heterocycles. The van der Waals surface area contributed by atoms with Crippen LogP contribution in [0.4, 0.5) is 0 Å². The molecule has 14 heavy (non-hydrogen) atoms. The molecule has 0 radical (unpaired) electrons. The molecule has 0 bridgehead atoms. The van der Waals surface area contributed by atoms with Gasteiger partial charge >= 0.3 is 0 Å². The quantitative estimate of drug-likeness (QED) is 0.479. The summed E-state index contributed by atoms with van der Waals surface area (Å²) in [6.45, 7) is 4.42. The van der Waals surface area contributed by atoms with Gasteiger partial charge in [0.05, 0.1) is 6.04 Å². The molecule has 0 spiro atoms. The highest BCUT2D eigenvalue weighted by Gasteiger charge is 2.16. The van der Waals surface area contributed by atoms with Crippen LogP contribution < -0.4 is 11.3 Å². The maximum atomic E-state index is 5.51. The third kappa shape index (κ3) is 2.82. The highest BCUT2D eigenvalue weighted by Crippen LogP contribution is 2.22. The van der Waals surface area contributed by atoms with Crippen molar-refractivity contribution in [3.63, 3.8) is 0 Å². The van der Waals surface area contributed by atoms with Gasteiger partial charge in [-0.25, -0.2) is 10.4 Å². The van der Waals surface area contributed by atoms with Crippen LogP contribution in [0.25, 0.3) is 0 Å². The molecule has 0 amide bonds. The molecular formula is C10H20N4. The van der Waals surface area contributed by atoms with Crippen LogP contribution in [0.15, 0.2) is 12.4 Å². The normalized spacial score (nSPS) is 13.4. The number of aromatic amines is 1. The van der Waals surface area contributed by atoms with Crippen LogP contribution >= 0.6 is 0 Å². The van der Waals surface area contributed by atoms with Crippen molar-refractivity contribution in [3.05, 3.63) is 18.2 Å². The Morgan fingerprint density at radius 3 is 2.64 bits per heavy atom. The molecule has 80 valence electrons. The number of imidazole rings is 1. The van der Waals surface area contributed by atoms with Crippen molar-refractivity contribution in [2.24, 2.45) is 11.8 Å². The summed E-state index contributed by atoms with van der Waals surface area (Å²) in [6.07, 6.45) is 7.00. The van der Waals surface area contributed by atoms with Gasteiger partial charge in [-0.1, -0.05) is 26.7 Å². The zero-order valence-electron chi connectivity index (χ0n) is 8.96. The van der Waals surface area contributed by atoms with Gasteiger partial charge in [0.25, 0.3) is 0 Å². The van der Waals surface area contributed by atoms with Gasteiger partial charge in [0.1, 0.15) is 5.82 Å². The predicted molar refractivity (Wildman–Crippen MR) is 57.3 cm³/mol. The molecule has 1 atom stereocenters. The second-order valence-corrected chi connectivity index (χ2v) is 3.61. The summed E-state index contributed by atoms with van der Waals surface area (Å²) in [5, 5.41) is 0. The second-order valence-electron chi connectivity index (χ2n) is 3.61. The number of nitrogens with two attached hydrogens (primary N) is 1. The highest BCUT2D eigenvalue weighted by molar-refractivity contribution is 4.95. The number of hydrogen-bond acceptors (Lipinski definition) is 3. The third-order valence-corrected chi connectivity index (χ3v) is 2.77. The van der Waals surface area contributed by atoms with E-state index in [0.29, 0.717) is 5.92 Å². The molecule has 0 fully saturated rings. The van der Waals surface area contributed by atoms with Crippen molar-refractivity contribution < 1.29 is 0 Å². The summed E-state index contributed by atoms with van der Waals surface area (Å²) in [7, 11) is 0. The van der Waals surface area contributed by atoms with Gasteiger partial charge in [-0.05, 0) is 12.3 Å². The molecule has 1 heterocycles. The minimum atomic E-state index is 0.148. The van der Waals surface area contributed by atoms with Gasteiger partial charge in [0.2, 0.25) is 0 Å². The Labute approximate surface area is 85.3 Å². The van der Waals surface area contributed by atoms with Crippen LogP contribution in [-0.2, 0) is 0 Å². The lowest BCUT2D eigenvalue weighted by atomic mass is 9.95. The first-order chi connectivity index (χ1) is 6.81. The first kappa shape index (κ1) is 11.2. The zero-order valence-corrected chi connectivity index (χ0v) is 8.96. The van der Waals surface area contributed by atoms with Crippen LogP contribution in [-0.4, -0.2) is 9.97 Å². The van der Waals surface area contributed by atoms with Crippen molar-refractivity contribution in [3.8, 4) is 0 Å². The van der Waals surface area contributed by atoms with Crippen LogP contribution in [0.1, 0.15) is 45.0 Å². The number of rotatable bonds is 6. The van der Waals surface area contributed by atoms with E-state index in [1.54, 1.807) is 6.20 Å². The number of hydrazine groups is 1. The largest absolute Gasteiger partial charge is 0.347 e. The minimum Gasteiger partial charge on any atom is -0.347 e. The maximum Gasteiger partial charge on any atom is 0.124 e. The zero-order chi connectivity index (χ0) is 10.4. The smallest absolute Gasteiger partial charge is 0.124 e. The van der Waals surface area contributed by atoms with Crippen LogP contribution in [0, 0.1) is 5.92 Å². The molecule has 1 rings (SSSR count). The monoisotopic (exact) mass is 196 g/mol. The molecule has 4 N–H and O–H groups in total. The Balaban J connectivity index is 2.55. The Bertz CT molecular complexity index is 228. The van der Waals surface area contributed by atoms with Crippen molar-refractivity contribution in [2.75, 3.05) is 0 Å². The first-order valence-corrected chi connectivity index (χ1v) is 5.27. The van der Waals surface area contributed by atoms with E-state index >= 15 is 0 Å².